The van der Waals surface area contributed by atoms with Crippen molar-refractivity contribution in [1.82, 2.24) is 0 Å². The van der Waals surface area contributed by atoms with Crippen molar-refractivity contribution in [2.45, 2.75) is 40.5 Å². The Labute approximate surface area is 123 Å². The molecule has 0 saturated carbocycles. The summed E-state index contributed by atoms with van der Waals surface area (Å²) in [6, 6.07) is 18.4. The molecule has 0 heterocycles. The van der Waals surface area contributed by atoms with E-state index >= 15 is 0 Å². The van der Waals surface area contributed by atoms with Gasteiger partial charge in [0.25, 0.3) is 0 Å². The molecule has 0 aliphatic carbocycles. The van der Waals surface area contributed by atoms with Gasteiger partial charge in [0.2, 0.25) is 0 Å². The van der Waals surface area contributed by atoms with Gasteiger partial charge in [-0.15, -0.1) is 0 Å². The third-order valence-corrected chi connectivity index (χ3v) is 3.47. The Morgan fingerprint density at radius 3 is 2.10 bits per heavy atom. The van der Waals surface area contributed by atoms with Gasteiger partial charge in [-0.3, -0.25) is 0 Å². The van der Waals surface area contributed by atoms with E-state index in [1.807, 2.05) is 12.1 Å². The van der Waals surface area contributed by atoms with E-state index < -0.39 is 0 Å². The Morgan fingerprint density at radius 1 is 0.850 bits per heavy atom. The van der Waals surface area contributed by atoms with E-state index in [4.69, 9.17) is 0 Å². The van der Waals surface area contributed by atoms with Crippen LogP contribution in [0.2, 0.25) is 0 Å². The van der Waals surface area contributed by atoms with Crippen LogP contribution in [0.4, 0.5) is 0 Å². The van der Waals surface area contributed by atoms with Crippen LogP contribution in [-0.2, 0) is 12.8 Å². The molecule has 2 aromatic carbocycles. The highest BCUT2D eigenvalue weighted by atomic mass is 14.1. The average molecular weight is 265 g/mol. The molecular weight excluding hydrogens is 240 g/mol. The maximum atomic E-state index is 3.10. The summed E-state index contributed by atoms with van der Waals surface area (Å²) in [4.78, 5) is 0. The van der Waals surface area contributed by atoms with E-state index in [-0.39, 0.29) is 0 Å². The molecule has 0 N–H and O–H groups in total. The molecule has 0 heteroatoms. The summed E-state index contributed by atoms with van der Waals surface area (Å²) in [7, 11) is 0. The van der Waals surface area contributed by atoms with Crippen LogP contribution in [0.25, 0.3) is 11.1 Å². The second kappa shape index (κ2) is 6.74. The molecule has 0 aromatic heterocycles. The van der Waals surface area contributed by atoms with Crippen LogP contribution in [0.5, 0.6) is 0 Å². The van der Waals surface area contributed by atoms with Crippen LogP contribution >= 0.6 is 0 Å². The largest absolute Gasteiger partial charge is 0.0625 e. The molecule has 0 saturated heterocycles. The molecule has 0 atom stereocenters. The molecule has 0 nitrogen and oxygen atoms in total. The van der Waals surface area contributed by atoms with Gasteiger partial charge in [-0.05, 0) is 53.0 Å². The summed E-state index contributed by atoms with van der Waals surface area (Å²) >= 11 is 0. The molecule has 2 rings (SSSR count). The van der Waals surface area contributed by atoms with E-state index in [9.17, 15) is 0 Å². The maximum absolute atomic E-state index is 3.10. The lowest BCUT2D eigenvalue weighted by Crippen LogP contribution is -2.00. The fraction of sp³-hybridized carbons (Fsp3) is 0.400. The summed E-state index contributed by atoms with van der Waals surface area (Å²) < 4.78 is 0. The van der Waals surface area contributed by atoms with Gasteiger partial charge in [-0.2, -0.15) is 0 Å². The van der Waals surface area contributed by atoms with Crippen LogP contribution in [-0.4, -0.2) is 0 Å². The van der Waals surface area contributed by atoms with E-state index in [0.717, 1.165) is 12.8 Å². The van der Waals surface area contributed by atoms with E-state index in [2.05, 4.69) is 64.1 Å². The molecule has 0 aliphatic rings. The molecule has 0 unspecified atom stereocenters. The Balaban J connectivity index is 2.40. The first-order valence-electron chi connectivity index (χ1n) is 7.64. The first-order valence-corrected chi connectivity index (χ1v) is 7.64. The van der Waals surface area contributed by atoms with Crippen molar-refractivity contribution in [3.05, 3.63) is 59.7 Å². The van der Waals surface area contributed by atoms with Gasteiger partial charge in [-0.1, -0.05) is 70.2 Å². The second-order valence-corrected chi connectivity index (χ2v) is 6.48. The standard InChI is InChI=1S/C20H25/c1-15(2)12-17-10-11-20(18-8-6-5-7-9-18)19(14-17)13-16(3)4/h6-11,14-16H,12-13H2,1-4H3. The first kappa shape index (κ1) is 14.8. The minimum atomic E-state index is 0.679. The Kier molecular flexibility index (Phi) is 5.00. The van der Waals surface area contributed by atoms with E-state index in [1.54, 1.807) is 0 Å². The predicted octanol–water partition coefficient (Wildman–Crippen LogP) is 5.55. The van der Waals surface area contributed by atoms with E-state index in [0.29, 0.717) is 11.8 Å². The van der Waals surface area contributed by atoms with Crippen LogP contribution in [0, 0.1) is 17.9 Å². The molecule has 2 aromatic rings. The monoisotopic (exact) mass is 265 g/mol. The van der Waals surface area contributed by atoms with Gasteiger partial charge in [-0.25, -0.2) is 0 Å². The SMILES string of the molecule is CC(C)Cc1ccc(-c2cc[c]cc2)c(CC(C)C)c1. The maximum Gasteiger partial charge on any atom is -0.0152 e. The van der Waals surface area contributed by atoms with Crippen LogP contribution < -0.4 is 0 Å². The molecule has 105 valence electrons. The summed E-state index contributed by atoms with van der Waals surface area (Å²) in [6.45, 7) is 9.14. The zero-order valence-corrected chi connectivity index (χ0v) is 13.1. The highest BCUT2D eigenvalue weighted by molar-refractivity contribution is 5.67. The minimum absolute atomic E-state index is 0.679. The highest BCUT2D eigenvalue weighted by Crippen LogP contribution is 2.27. The average Bonchev–Trinajstić information content (AvgIpc) is 2.38. The Morgan fingerprint density at radius 2 is 1.50 bits per heavy atom. The van der Waals surface area contributed by atoms with Gasteiger partial charge in [0.15, 0.2) is 0 Å². The second-order valence-electron chi connectivity index (χ2n) is 6.48. The van der Waals surface area contributed by atoms with E-state index in [1.165, 1.54) is 22.3 Å². The predicted molar refractivity (Wildman–Crippen MR) is 87.8 cm³/mol. The fourth-order valence-electron chi connectivity index (χ4n) is 2.70. The number of rotatable bonds is 5. The molecule has 20 heavy (non-hydrogen) atoms. The van der Waals surface area contributed by atoms with Crippen molar-refractivity contribution in [3.8, 4) is 11.1 Å². The van der Waals surface area contributed by atoms with Gasteiger partial charge < -0.3 is 0 Å². The molecule has 0 aliphatic heterocycles. The number of benzene rings is 2. The number of hydrogen-bond donors (Lipinski definition) is 0. The fourth-order valence-corrected chi connectivity index (χ4v) is 2.70. The molecule has 1 radical (unpaired) electrons. The smallest absolute Gasteiger partial charge is 0.0152 e. The molecule has 0 bridgehead atoms. The van der Waals surface area contributed by atoms with Crippen LogP contribution in [0.3, 0.4) is 0 Å². The van der Waals surface area contributed by atoms with Crippen molar-refractivity contribution in [1.29, 1.82) is 0 Å². The normalized spacial score (nSPS) is 11.3. The van der Waals surface area contributed by atoms with Crippen molar-refractivity contribution < 1.29 is 0 Å². The third-order valence-electron chi connectivity index (χ3n) is 3.47. The summed E-state index contributed by atoms with van der Waals surface area (Å²) in [5, 5.41) is 0. The minimum Gasteiger partial charge on any atom is -0.0625 e. The lowest BCUT2D eigenvalue weighted by Gasteiger charge is -2.15. The highest BCUT2D eigenvalue weighted by Gasteiger charge is 2.09. The van der Waals surface area contributed by atoms with Gasteiger partial charge in [0.05, 0.1) is 0 Å². The zero-order valence-electron chi connectivity index (χ0n) is 13.1. The van der Waals surface area contributed by atoms with Gasteiger partial charge in [0.1, 0.15) is 0 Å². The summed E-state index contributed by atoms with van der Waals surface area (Å²) in [6.07, 6.45) is 2.30. The topological polar surface area (TPSA) is 0 Å². The first-order chi connectivity index (χ1) is 9.56. The molecule has 0 amide bonds. The summed E-state index contributed by atoms with van der Waals surface area (Å²) in [5.41, 5.74) is 5.61. The van der Waals surface area contributed by atoms with Gasteiger partial charge >= 0.3 is 0 Å². The molecule has 0 fully saturated rings. The Bertz CT molecular complexity index is 535. The van der Waals surface area contributed by atoms with Crippen molar-refractivity contribution in [2.75, 3.05) is 0 Å². The van der Waals surface area contributed by atoms with Crippen LogP contribution in [0.1, 0.15) is 38.8 Å². The quantitative estimate of drug-likeness (QED) is 0.664. The molecule has 0 spiro atoms. The van der Waals surface area contributed by atoms with Gasteiger partial charge in [0, 0.05) is 0 Å². The molecular formula is C20H25. The zero-order chi connectivity index (χ0) is 14.5. The lowest BCUT2D eigenvalue weighted by molar-refractivity contribution is 0.636. The van der Waals surface area contributed by atoms with Crippen LogP contribution in [0.15, 0.2) is 42.5 Å². The van der Waals surface area contributed by atoms with Crippen molar-refractivity contribution in [2.24, 2.45) is 11.8 Å². The summed E-state index contributed by atoms with van der Waals surface area (Å²) in [5.74, 6) is 1.39. The Hall–Kier alpha value is -1.56. The third kappa shape index (κ3) is 3.96. The lowest BCUT2D eigenvalue weighted by atomic mass is 9.90. The number of hydrogen-bond acceptors (Lipinski definition) is 0. The van der Waals surface area contributed by atoms with Crippen molar-refractivity contribution >= 4 is 0 Å². The van der Waals surface area contributed by atoms with Crippen molar-refractivity contribution in [3.63, 3.8) is 0 Å².